The van der Waals surface area contributed by atoms with Gasteiger partial charge in [-0.25, -0.2) is 4.79 Å². The molecule has 0 unspecified atom stereocenters. The van der Waals surface area contributed by atoms with Crippen LogP contribution >= 0.6 is 0 Å². The second-order valence-corrected chi connectivity index (χ2v) is 4.17. The molecule has 0 atom stereocenters. The summed E-state index contributed by atoms with van der Waals surface area (Å²) in [6.45, 7) is 4.19. The summed E-state index contributed by atoms with van der Waals surface area (Å²) in [4.78, 5) is 11.6. The number of esters is 1. The predicted molar refractivity (Wildman–Crippen MR) is 71.7 cm³/mol. The first-order chi connectivity index (χ1) is 8.84. The van der Waals surface area contributed by atoms with Crippen molar-refractivity contribution in [2.75, 3.05) is 19.8 Å². The van der Waals surface area contributed by atoms with E-state index in [9.17, 15) is 4.79 Å². The summed E-state index contributed by atoms with van der Waals surface area (Å²) in [5.41, 5.74) is 0.608. The number of hydrogen-bond donors (Lipinski definition) is 0. The summed E-state index contributed by atoms with van der Waals surface area (Å²) in [7, 11) is 0. The Balaban J connectivity index is 2.00. The predicted octanol–water partition coefficient (Wildman–Crippen LogP) is 3.44. The molecule has 0 radical (unpaired) electrons. The van der Waals surface area contributed by atoms with E-state index in [1.807, 2.05) is 18.2 Å². The Morgan fingerprint density at radius 2 is 1.67 bits per heavy atom. The number of hydrogen-bond acceptors (Lipinski definition) is 3. The molecule has 1 rings (SSSR count). The van der Waals surface area contributed by atoms with E-state index in [1.54, 1.807) is 12.1 Å². The van der Waals surface area contributed by atoms with Crippen LogP contribution in [0.25, 0.3) is 0 Å². The fourth-order valence-corrected chi connectivity index (χ4v) is 1.48. The van der Waals surface area contributed by atoms with Crippen LogP contribution in [-0.4, -0.2) is 25.8 Å². The first-order valence-corrected chi connectivity index (χ1v) is 6.64. The van der Waals surface area contributed by atoms with Crippen LogP contribution in [0.2, 0.25) is 0 Å². The summed E-state index contributed by atoms with van der Waals surface area (Å²) in [5, 5.41) is 0. The second-order valence-electron chi connectivity index (χ2n) is 4.17. The molecule has 0 spiro atoms. The zero-order valence-corrected chi connectivity index (χ0v) is 11.1. The monoisotopic (exact) mass is 250 g/mol. The lowest BCUT2D eigenvalue weighted by molar-refractivity contribution is 0.0481. The highest BCUT2D eigenvalue weighted by atomic mass is 16.5. The van der Waals surface area contributed by atoms with E-state index >= 15 is 0 Å². The third-order valence-electron chi connectivity index (χ3n) is 2.57. The van der Waals surface area contributed by atoms with E-state index < -0.39 is 0 Å². The Morgan fingerprint density at radius 3 is 2.39 bits per heavy atom. The summed E-state index contributed by atoms with van der Waals surface area (Å²) < 4.78 is 10.6. The highest BCUT2D eigenvalue weighted by Gasteiger charge is 2.04. The van der Waals surface area contributed by atoms with Gasteiger partial charge in [-0.2, -0.15) is 0 Å². The Kier molecular flexibility index (Phi) is 7.89. The molecule has 0 aliphatic rings. The summed E-state index contributed by atoms with van der Waals surface area (Å²) >= 11 is 0. The van der Waals surface area contributed by atoms with Crippen LogP contribution in [0.1, 0.15) is 43.0 Å². The Labute approximate surface area is 109 Å². The molecule has 0 aliphatic heterocycles. The molecule has 1 aromatic rings. The molecule has 0 aromatic heterocycles. The lowest BCUT2D eigenvalue weighted by Gasteiger charge is -2.05. The highest BCUT2D eigenvalue weighted by molar-refractivity contribution is 5.89. The van der Waals surface area contributed by atoms with Crippen LogP contribution in [0, 0.1) is 0 Å². The smallest absolute Gasteiger partial charge is 0.338 e. The lowest BCUT2D eigenvalue weighted by atomic mass is 10.2. The third kappa shape index (κ3) is 6.40. The Bertz CT molecular complexity index is 322. The average molecular weight is 250 g/mol. The topological polar surface area (TPSA) is 35.5 Å². The SMILES string of the molecule is CCCCOCCCCOC(=O)c1ccccc1. The van der Waals surface area contributed by atoms with Crippen molar-refractivity contribution in [1.82, 2.24) is 0 Å². The highest BCUT2D eigenvalue weighted by Crippen LogP contribution is 2.02. The van der Waals surface area contributed by atoms with E-state index in [1.165, 1.54) is 0 Å². The zero-order valence-electron chi connectivity index (χ0n) is 11.1. The van der Waals surface area contributed by atoms with E-state index in [0.29, 0.717) is 12.2 Å². The van der Waals surface area contributed by atoms with E-state index in [4.69, 9.17) is 9.47 Å². The minimum Gasteiger partial charge on any atom is -0.462 e. The largest absolute Gasteiger partial charge is 0.462 e. The summed E-state index contributed by atoms with van der Waals surface area (Å²) in [6.07, 6.45) is 4.06. The number of carbonyl (C=O) groups is 1. The fraction of sp³-hybridized carbons (Fsp3) is 0.533. The van der Waals surface area contributed by atoms with Gasteiger partial charge in [-0.15, -0.1) is 0 Å². The first kappa shape index (κ1) is 14.7. The maximum absolute atomic E-state index is 11.6. The van der Waals surface area contributed by atoms with Gasteiger partial charge in [0.25, 0.3) is 0 Å². The van der Waals surface area contributed by atoms with Crippen LogP contribution in [0.3, 0.4) is 0 Å². The molecule has 0 aliphatic carbocycles. The Morgan fingerprint density at radius 1 is 1.00 bits per heavy atom. The molecule has 0 heterocycles. The van der Waals surface area contributed by atoms with Crippen LogP contribution < -0.4 is 0 Å². The lowest BCUT2D eigenvalue weighted by Crippen LogP contribution is -2.07. The zero-order chi connectivity index (χ0) is 13.1. The van der Waals surface area contributed by atoms with E-state index in [-0.39, 0.29) is 5.97 Å². The molecule has 0 bridgehead atoms. The van der Waals surface area contributed by atoms with Gasteiger partial charge in [-0.3, -0.25) is 0 Å². The molecule has 0 saturated carbocycles. The number of unbranched alkanes of at least 4 members (excludes halogenated alkanes) is 2. The van der Waals surface area contributed by atoms with Crippen molar-refractivity contribution >= 4 is 5.97 Å². The van der Waals surface area contributed by atoms with Gasteiger partial charge < -0.3 is 9.47 Å². The Hall–Kier alpha value is -1.35. The number of carbonyl (C=O) groups excluding carboxylic acids is 1. The molecule has 100 valence electrons. The summed E-state index contributed by atoms with van der Waals surface area (Å²) in [6, 6.07) is 9.06. The van der Waals surface area contributed by atoms with Gasteiger partial charge in [-0.05, 0) is 31.4 Å². The number of rotatable bonds is 9. The van der Waals surface area contributed by atoms with Crippen molar-refractivity contribution < 1.29 is 14.3 Å². The number of ether oxygens (including phenoxy) is 2. The van der Waals surface area contributed by atoms with Gasteiger partial charge in [0.15, 0.2) is 0 Å². The molecule has 0 fully saturated rings. The van der Waals surface area contributed by atoms with Crippen molar-refractivity contribution in [3.63, 3.8) is 0 Å². The quantitative estimate of drug-likeness (QED) is 0.497. The maximum atomic E-state index is 11.6. The van der Waals surface area contributed by atoms with Gasteiger partial charge in [0.05, 0.1) is 12.2 Å². The average Bonchev–Trinajstić information content (AvgIpc) is 2.42. The van der Waals surface area contributed by atoms with Crippen LogP contribution in [0.4, 0.5) is 0 Å². The van der Waals surface area contributed by atoms with Crippen molar-refractivity contribution in [2.24, 2.45) is 0 Å². The molecular formula is C15H22O3. The molecule has 0 saturated heterocycles. The van der Waals surface area contributed by atoms with Crippen LogP contribution in [0.15, 0.2) is 30.3 Å². The minimum absolute atomic E-state index is 0.248. The van der Waals surface area contributed by atoms with Crippen molar-refractivity contribution in [3.05, 3.63) is 35.9 Å². The molecule has 1 aromatic carbocycles. The third-order valence-corrected chi connectivity index (χ3v) is 2.57. The second kappa shape index (κ2) is 9.66. The normalized spacial score (nSPS) is 10.3. The molecule has 0 amide bonds. The van der Waals surface area contributed by atoms with Crippen molar-refractivity contribution in [3.8, 4) is 0 Å². The molecule has 0 N–H and O–H groups in total. The van der Waals surface area contributed by atoms with Crippen molar-refractivity contribution in [1.29, 1.82) is 0 Å². The fourth-order valence-electron chi connectivity index (χ4n) is 1.48. The van der Waals surface area contributed by atoms with Crippen LogP contribution in [0.5, 0.6) is 0 Å². The van der Waals surface area contributed by atoms with Gasteiger partial charge in [0.2, 0.25) is 0 Å². The standard InChI is InChI=1S/C15H22O3/c1-2-3-11-17-12-7-8-13-18-15(16)14-9-5-4-6-10-14/h4-6,9-10H,2-3,7-8,11-13H2,1H3. The van der Waals surface area contributed by atoms with Gasteiger partial charge in [0, 0.05) is 13.2 Å². The summed E-state index contributed by atoms with van der Waals surface area (Å²) in [5.74, 6) is -0.248. The maximum Gasteiger partial charge on any atom is 0.338 e. The van der Waals surface area contributed by atoms with E-state index in [2.05, 4.69) is 6.92 Å². The molecular weight excluding hydrogens is 228 g/mol. The van der Waals surface area contributed by atoms with Crippen molar-refractivity contribution in [2.45, 2.75) is 32.6 Å². The molecule has 18 heavy (non-hydrogen) atoms. The molecule has 3 heteroatoms. The van der Waals surface area contributed by atoms with E-state index in [0.717, 1.165) is 38.9 Å². The van der Waals surface area contributed by atoms with Gasteiger partial charge in [-0.1, -0.05) is 31.5 Å². The van der Waals surface area contributed by atoms with Gasteiger partial charge >= 0.3 is 5.97 Å². The minimum atomic E-state index is -0.248. The number of benzene rings is 1. The van der Waals surface area contributed by atoms with Gasteiger partial charge in [0.1, 0.15) is 0 Å². The van der Waals surface area contributed by atoms with Crippen LogP contribution in [-0.2, 0) is 9.47 Å². The first-order valence-electron chi connectivity index (χ1n) is 6.64. The molecule has 3 nitrogen and oxygen atoms in total.